The predicted molar refractivity (Wildman–Crippen MR) is 47.8 cm³/mol. The zero-order valence-electron chi connectivity index (χ0n) is 8.09. The summed E-state index contributed by atoms with van der Waals surface area (Å²) in [5.41, 5.74) is 0. The molecule has 0 radical (unpaired) electrons. The molecule has 0 atom stereocenters. The zero-order valence-corrected chi connectivity index (χ0v) is 8.90. The normalized spacial score (nSPS) is 20.5. The van der Waals surface area contributed by atoms with Crippen molar-refractivity contribution >= 4 is 10.1 Å². The van der Waals surface area contributed by atoms with Gasteiger partial charge in [-0.25, -0.2) is 0 Å². The lowest BCUT2D eigenvalue weighted by molar-refractivity contribution is -0.108. The third-order valence-electron chi connectivity index (χ3n) is 2.18. The van der Waals surface area contributed by atoms with Crippen molar-refractivity contribution in [2.24, 2.45) is 0 Å². The molecule has 1 rings (SSSR count). The lowest BCUT2D eigenvalue weighted by Crippen LogP contribution is -2.29. The summed E-state index contributed by atoms with van der Waals surface area (Å²) in [6.07, 6.45) is -1.63. The first-order valence-corrected chi connectivity index (χ1v) is 6.34. The molecule has 0 N–H and O–H groups in total. The number of halogens is 3. The van der Waals surface area contributed by atoms with E-state index in [4.69, 9.17) is 0 Å². The molecule has 0 amide bonds. The molecule has 1 aliphatic rings. The van der Waals surface area contributed by atoms with Crippen LogP contribution in [0.15, 0.2) is 0 Å². The van der Waals surface area contributed by atoms with E-state index in [2.05, 4.69) is 4.18 Å². The van der Waals surface area contributed by atoms with Gasteiger partial charge in [-0.2, -0.15) is 21.6 Å². The number of hydrogen-bond acceptors (Lipinski definition) is 3. The van der Waals surface area contributed by atoms with Crippen molar-refractivity contribution in [3.05, 3.63) is 0 Å². The van der Waals surface area contributed by atoms with Crippen LogP contribution in [0.5, 0.6) is 0 Å². The van der Waals surface area contributed by atoms with Gasteiger partial charge in [-0.15, -0.1) is 0 Å². The van der Waals surface area contributed by atoms with Crippen molar-refractivity contribution in [3.63, 3.8) is 0 Å². The van der Waals surface area contributed by atoms with Gasteiger partial charge in [0.1, 0.15) is 0 Å². The lowest BCUT2D eigenvalue weighted by Gasteiger charge is -2.21. The first kappa shape index (κ1) is 12.8. The maximum atomic E-state index is 11.8. The second-order valence-corrected chi connectivity index (χ2v) is 5.27. The highest BCUT2D eigenvalue weighted by molar-refractivity contribution is 7.86. The summed E-state index contributed by atoms with van der Waals surface area (Å²) in [6, 6.07) is 0. The van der Waals surface area contributed by atoms with Crippen molar-refractivity contribution in [1.29, 1.82) is 0 Å². The molecular weight excluding hydrogens is 233 g/mol. The summed E-state index contributed by atoms with van der Waals surface area (Å²) < 4.78 is 62.0. The average Bonchev–Trinajstić information content (AvgIpc) is 1.99. The Morgan fingerprint density at radius 3 is 2.13 bits per heavy atom. The minimum absolute atomic E-state index is 0.525. The van der Waals surface area contributed by atoms with E-state index in [9.17, 15) is 21.6 Å². The summed E-state index contributed by atoms with van der Waals surface area (Å²) in [6.45, 7) is 0. The molecule has 0 unspecified atom stereocenters. The molecule has 7 heteroatoms. The second kappa shape index (κ2) is 4.69. The Bertz CT molecular complexity index is 291. The van der Waals surface area contributed by atoms with Crippen LogP contribution in [-0.4, -0.2) is 26.5 Å². The molecule has 15 heavy (non-hydrogen) atoms. The monoisotopic (exact) mass is 246 g/mol. The molecule has 0 aliphatic heterocycles. The van der Waals surface area contributed by atoms with E-state index in [1.807, 2.05) is 0 Å². The molecule has 0 heterocycles. The summed E-state index contributed by atoms with van der Waals surface area (Å²) in [5.74, 6) is -1.89. The molecule has 1 aliphatic carbocycles. The van der Waals surface area contributed by atoms with Gasteiger partial charge in [-0.3, -0.25) is 4.18 Å². The van der Waals surface area contributed by atoms with Gasteiger partial charge in [-0.05, 0) is 12.8 Å². The fraction of sp³-hybridized carbons (Fsp3) is 1.00. The van der Waals surface area contributed by atoms with Crippen LogP contribution in [0.1, 0.15) is 32.1 Å². The fourth-order valence-electron chi connectivity index (χ4n) is 1.60. The first-order chi connectivity index (χ1) is 6.79. The lowest BCUT2D eigenvalue weighted by atomic mass is 9.98. The Hall–Kier alpha value is -0.300. The summed E-state index contributed by atoms with van der Waals surface area (Å²) in [7, 11) is -4.46. The quantitative estimate of drug-likeness (QED) is 0.717. The van der Waals surface area contributed by atoms with E-state index in [1.54, 1.807) is 0 Å². The minimum atomic E-state index is -4.73. The molecule has 0 bridgehead atoms. The average molecular weight is 246 g/mol. The van der Waals surface area contributed by atoms with E-state index >= 15 is 0 Å². The Kier molecular flexibility index (Phi) is 3.99. The van der Waals surface area contributed by atoms with Crippen LogP contribution in [-0.2, 0) is 14.3 Å². The molecule has 0 aromatic heterocycles. The molecule has 0 spiro atoms. The number of rotatable bonds is 3. The maximum absolute atomic E-state index is 11.8. The molecule has 1 saturated carbocycles. The first-order valence-electron chi connectivity index (χ1n) is 4.76. The molecule has 90 valence electrons. The van der Waals surface area contributed by atoms with E-state index < -0.39 is 28.2 Å². The van der Waals surface area contributed by atoms with E-state index in [1.165, 1.54) is 0 Å². The largest absolute Gasteiger partial charge is 0.405 e. The molecule has 0 aromatic rings. The summed E-state index contributed by atoms with van der Waals surface area (Å²) in [4.78, 5) is 0. The van der Waals surface area contributed by atoms with Gasteiger partial charge < -0.3 is 0 Å². The van der Waals surface area contributed by atoms with Gasteiger partial charge in [0.15, 0.2) is 5.75 Å². The topological polar surface area (TPSA) is 43.4 Å². The molecule has 1 fully saturated rings. The Labute approximate surface area is 86.7 Å². The van der Waals surface area contributed by atoms with Gasteiger partial charge in [0.2, 0.25) is 0 Å². The number of alkyl halides is 3. The third kappa shape index (κ3) is 5.36. The van der Waals surface area contributed by atoms with Crippen LogP contribution in [0.3, 0.4) is 0 Å². The predicted octanol–water partition coefficient (Wildman–Crippen LogP) is 2.23. The van der Waals surface area contributed by atoms with Crippen molar-refractivity contribution in [3.8, 4) is 0 Å². The van der Waals surface area contributed by atoms with Crippen LogP contribution < -0.4 is 0 Å². The Balaban J connectivity index is 2.48. The zero-order chi connectivity index (χ0) is 11.5. The van der Waals surface area contributed by atoms with Gasteiger partial charge >= 0.3 is 6.18 Å². The van der Waals surface area contributed by atoms with Crippen LogP contribution in [0.2, 0.25) is 0 Å². The highest BCUT2D eigenvalue weighted by Crippen LogP contribution is 2.24. The van der Waals surface area contributed by atoms with Crippen molar-refractivity contribution in [1.82, 2.24) is 0 Å². The van der Waals surface area contributed by atoms with Crippen molar-refractivity contribution in [2.75, 3.05) is 5.75 Å². The SMILES string of the molecule is O=S(=O)(CC(F)(F)F)OC1CCCCC1. The summed E-state index contributed by atoms with van der Waals surface area (Å²) in [5, 5.41) is 0. The molecular formula is C8H13F3O3S. The summed E-state index contributed by atoms with van der Waals surface area (Å²) >= 11 is 0. The molecule has 0 saturated heterocycles. The highest BCUT2D eigenvalue weighted by Gasteiger charge is 2.37. The minimum Gasteiger partial charge on any atom is -0.267 e. The second-order valence-electron chi connectivity index (χ2n) is 3.67. The molecule has 3 nitrogen and oxygen atoms in total. The van der Waals surface area contributed by atoms with Crippen LogP contribution in [0.4, 0.5) is 13.2 Å². The smallest absolute Gasteiger partial charge is 0.267 e. The van der Waals surface area contributed by atoms with Crippen molar-refractivity contribution in [2.45, 2.75) is 44.4 Å². The molecule has 0 aromatic carbocycles. The van der Waals surface area contributed by atoms with Crippen molar-refractivity contribution < 1.29 is 25.8 Å². The van der Waals surface area contributed by atoms with Crippen LogP contribution >= 0.6 is 0 Å². The third-order valence-corrected chi connectivity index (χ3v) is 3.42. The van der Waals surface area contributed by atoms with Crippen LogP contribution in [0, 0.1) is 0 Å². The van der Waals surface area contributed by atoms with E-state index in [0.29, 0.717) is 12.8 Å². The standard InChI is InChI=1S/C8H13F3O3S/c9-8(10,11)6-15(12,13)14-7-4-2-1-3-5-7/h7H,1-6H2. The van der Waals surface area contributed by atoms with Gasteiger partial charge in [0.25, 0.3) is 10.1 Å². The fourth-order valence-corrected chi connectivity index (χ4v) is 2.68. The van der Waals surface area contributed by atoms with E-state index in [-0.39, 0.29) is 0 Å². The van der Waals surface area contributed by atoms with Gasteiger partial charge in [0, 0.05) is 0 Å². The van der Waals surface area contributed by atoms with Crippen LogP contribution in [0.25, 0.3) is 0 Å². The number of hydrogen-bond donors (Lipinski definition) is 0. The highest BCUT2D eigenvalue weighted by atomic mass is 32.2. The van der Waals surface area contributed by atoms with Gasteiger partial charge in [0.05, 0.1) is 6.10 Å². The van der Waals surface area contributed by atoms with E-state index in [0.717, 1.165) is 19.3 Å². The Morgan fingerprint density at radius 1 is 1.13 bits per heavy atom. The maximum Gasteiger partial charge on any atom is 0.405 e. The Morgan fingerprint density at radius 2 is 1.67 bits per heavy atom. The van der Waals surface area contributed by atoms with Gasteiger partial charge in [-0.1, -0.05) is 19.3 Å².